The van der Waals surface area contributed by atoms with Gasteiger partial charge in [0.25, 0.3) is 0 Å². The van der Waals surface area contributed by atoms with Crippen molar-refractivity contribution < 1.29 is 14.7 Å². The molecule has 1 aliphatic rings. The molecule has 0 aromatic carbocycles. The second-order valence-corrected chi connectivity index (χ2v) is 5.00. The summed E-state index contributed by atoms with van der Waals surface area (Å²) in [5.74, 6) is -1.65. The van der Waals surface area contributed by atoms with Gasteiger partial charge >= 0.3 is 5.97 Å². The number of carbonyl (C=O) groups excluding carboxylic acids is 1. The molecule has 0 spiro atoms. The van der Waals surface area contributed by atoms with Crippen molar-refractivity contribution in [2.75, 3.05) is 5.32 Å². The number of anilines is 1. The second-order valence-electron chi connectivity index (χ2n) is 5.00. The minimum atomic E-state index is -0.883. The van der Waals surface area contributed by atoms with Gasteiger partial charge in [0.2, 0.25) is 5.91 Å². The largest absolute Gasteiger partial charge is 0.481 e. The van der Waals surface area contributed by atoms with Gasteiger partial charge < -0.3 is 10.4 Å². The lowest BCUT2D eigenvalue weighted by Crippen LogP contribution is -2.30. The Kier molecular flexibility index (Phi) is 4.19. The van der Waals surface area contributed by atoms with E-state index in [1.54, 1.807) is 6.07 Å². The second kappa shape index (κ2) is 5.86. The minimum Gasteiger partial charge on any atom is -0.481 e. The number of amides is 1. The van der Waals surface area contributed by atoms with Crippen LogP contribution in [0.25, 0.3) is 0 Å². The average molecular weight is 265 g/mol. The van der Waals surface area contributed by atoms with E-state index in [0.29, 0.717) is 18.7 Å². The van der Waals surface area contributed by atoms with Crippen molar-refractivity contribution in [1.29, 1.82) is 0 Å². The minimum absolute atomic E-state index is 0.237. The molecule has 1 aliphatic carbocycles. The van der Waals surface area contributed by atoms with Crippen LogP contribution in [0, 0.1) is 11.8 Å². The topological polar surface area (TPSA) is 95.1 Å². The average Bonchev–Trinajstić information content (AvgIpc) is 2.98. The SMILES string of the molecule is CCCc1cc(NC(=O)[C@@H]2CCC[C@@H]2C(=O)O)n[nH]1. The lowest BCUT2D eigenvalue weighted by Gasteiger charge is -2.14. The number of aromatic nitrogens is 2. The molecule has 2 rings (SSSR count). The lowest BCUT2D eigenvalue weighted by atomic mass is 9.95. The number of carboxylic acids is 1. The summed E-state index contributed by atoms with van der Waals surface area (Å²) < 4.78 is 0. The summed E-state index contributed by atoms with van der Waals surface area (Å²) in [6, 6.07) is 1.80. The van der Waals surface area contributed by atoms with E-state index < -0.39 is 17.8 Å². The number of aliphatic carboxylic acids is 1. The highest BCUT2D eigenvalue weighted by Gasteiger charge is 2.37. The molecule has 1 aromatic rings. The van der Waals surface area contributed by atoms with E-state index in [2.05, 4.69) is 22.4 Å². The molecule has 0 aliphatic heterocycles. The van der Waals surface area contributed by atoms with E-state index in [1.165, 1.54) is 0 Å². The van der Waals surface area contributed by atoms with Crippen LogP contribution in [0.1, 0.15) is 38.3 Å². The van der Waals surface area contributed by atoms with Crippen molar-refractivity contribution in [1.82, 2.24) is 10.2 Å². The first kappa shape index (κ1) is 13.6. The van der Waals surface area contributed by atoms with Gasteiger partial charge in [0, 0.05) is 11.8 Å². The number of carboxylic acid groups (broad SMARTS) is 1. The normalized spacial score (nSPS) is 22.4. The summed E-state index contributed by atoms with van der Waals surface area (Å²) in [5.41, 5.74) is 0.971. The summed E-state index contributed by atoms with van der Waals surface area (Å²) in [6.07, 6.45) is 3.88. The zero-order valence-corrected chi connectivity index (χ0v) is 11.0. The Bertz CT molecular complexity index is 469. The Morgan fingerprint density at radius 3 is 2.89 bits per heavy atom. The zero-order chi connectivity index (χ0) is 13.8. The summed E-state index contributed by atoms with van der Waals surface area (Å²) in [7, 11) is 0. The van der Waals surface area contributed by atoms with Gasteiger partial charge in [-0.2, -0.15) is 5.10 Å². The molecular formula is C13H19N3O3. The maximum atomic E-state index is 12.1. The van der Waals surface area contributed by atoms with Crippen molar-refractivity contribution in [3.8, 4) is 0 Å². The van der Waals surface area contributed by atoms with Crippen LogP contribution < -0.4 is 5.32 Å². The van der Waals surface area contributed by atoms with Crippen LogP contribution in [-0.2, 0) is 16.0 Å². The van der Waals surface area contributed by atoms with E-state index >= 15 is 0 Å². The van der Waals surface area contributed by atoms with Gasteiger partial charge in [-0.05, 0) is 19.3 Å². The highest BCUT2D eigenvalue weighted by molar-refractivity contribution is 5.94. The smallest absolute Gasteiger partial charge is 0.307 e. The predicted molar refractivity (Wildman–Crippen MR) is 69.7 cm³/mol. The summed E-state index contributed by atoms with van der Waals surface area (Å²) in [4.78, 5) is 23.1. The molecule has 0 saturated heterocycles. The maximum absolute atomic E-state index is 12.1. The maximum Gasteiger partial charge on any atom is 0.307 e. The highest BCUT2D eigenvalue weighted by Crippen LogP contribution is 2.32. The molecule has 1 fully saturated rings. The Balaban J connectivity index is 1.98. The van der Waals surface area contributed by atoms with Crippen molar-refractivity contribution in [3.63, 3.8) is 0 Å². The van der Waals surface area contributed by atoms with E-state index in [4.69, 9.17) is 5.11 Å². The number of hydrogen-bond acceptors (Lipinski definition) is 3. The van der Waals surface area contributed by atoms with Crippen LogP contribution in [0.4, 0.5) is 5.82 Å². The van der Waals surface area contributed by atoms with E-state index in [9.17, 15) is 9.59 Å². The van der Waals surface area contributed by atoms with E-state index in [0.717, 1.165) is 25.0 Å². The Labute approximate surface area is 111 Å². The summed E-state index contributed by atoms with van der Waals surface area (Å²) in [5, 5.41) is 18.6. The van der Waals surface area contributed by atoms with Crippen molar-refractivity contribution >= 4 is 17.7 Å². The fraction of sp³-hybridized carbons (Fsp3) is 0.615. The number of aromatic amines is 1. The number of H-pyrrole nitrogens is 1. The molecule has 2 atom stereocenters. The molecule has 6 nitrogen and oxygen atoms in total. The molecular weight excluding hydrogens is 246 g/mol. The van der Waals surface area contributed by atoms with E-state index in [1.807, 2.05) is 0 Å². The first-order valence-corrected chi connectivity index (χ1v) is 6.69. The summed E-state index contributed by atoms with van der Waals surface area (Å²) in [6.45, 7) is 2.06. The molecule has 0 unspecified atom stereocenters. The molecule has 1 heterocycles. The Hall–Kier alpha value is -1.85. The van der Waals surface area contributed by atoms with Crippen LogP contribution in [0.5, 0.6) is 0 Å². The van der Waals surface area contributed by atoms with Crippen LogP contribution in [0.2, 0.25) is 0 Å². The van der Waals surface area contributed by atoms with Gasteiger partial charge in [0.1, 0.15) is 0 Å². The number of rotatable bonds is 5. The molecule has 19 heavy (non-hydrogen) atoms. The van der Waals surface area contributed by atoms with Gasteiger partial charge in [-0.1, -0.05) is 19.8 Å². The first-order chi connectivity index (χ1) is 9.11. The molecule has 1 saturated carbocycles. The van der Waals surface area contributed by atoms with Gasteiger partial charge in [0.05, 0.1) is 11.8 Å². The quantitative estimate of drug-likeness (QED) is 0.756. The number of nitrogens with one attached hydrogen (secondary N) is 2. The molecule has 0 radical (unpaired) electrons. The van der Waals surface area contributed by atoms with Gasteiger partial charge in [0.15, 0.2) is 5.82 Å². The third-order valence-corrected chi connectivity index (χ3v) is 3.57. The molecule has 0 bridgehead atoms. The monoisotopic (exact) mass is 265 g/mol. The fourth-order valence-corrected chi connectivity index (χ4v) is 2.61. The van der Waals surface area contributed by atoms with E-state index in [-0.39, 0.29) is 5.91 Å². The van der Waals surface area contributed by atoms with Crippen LogP contribution in [-0.4, -0.2) is 27.2 Å². The lowest BCUT2D eigenvalue weighted by molar-refractivity contribution is -0.145. The van der Waals surface area contributed by atoms with Crippen molar-refractivity contribution in [2.24, 2.45) is 11.8 Å². The van der Waals surface area contributed by atoms with Crippen molar-refractivity contribution in [3.05, 3.63) is 11.8 Å². The number of aryl methyl sites for hydroxylation is 1. The molecule has 104 valence electrons. The van der Waals surface area contributed by atoms with Crippen LogP contribution in [0.15, 0.2) is 6.07 Å². The van der Waals surface area contributed by atoms with Gasteiger partial charge in [-0.25, -0.2) is 0 Å². The number of carbonyl (C=O) groups is 2. The Morgan fingerprint density at radius 1 is 1.47 bits per heavy atom. The number of hydrogen-bond donors (Lipinski definition) is 3. The highest BCUT2D eigenvalue weighted by atomic mass is 16.4. The van der Waals surface area contributed by atoms with Gasteiger partial charge in [-0.15, -0.1) is 0 Å². The third kappa shape index (κ3) is 3.13. The third-order valence-electron chi connectivity index (χ3n) is 3.57. The molecule has 1 aromatic heterocycles. The first-order valence-electron chi connectivity index (χ1n) is 6.69. The molecule has 1 amide bonds. The summed E-state index contributed by atoms with van der Waals surface area (Å²) >= 11 is 0. The zero-order valence-electron chi connectivity index (χ0n) is 11.0. The van der Waals surface area contributed by atoms with Crippen LogP contribution in [0.3, 0.4) is 0 Å². The van der Waals surface area contributed by atoms with Crippen LogP contribution >= 0.6 is 0 Å². The Morgan fingerprint density at radius 2 is 2.21 bits per heavy atom. The number of nitrogens with zero attached hydrogens (tertiary/aromatic N) is 1. The fourth-order valence-electron chi connectivity index (χ4n) is 2.61. The van der Waals surface area contributed by atoms with Gasteiger partial charge in [-0.3, -0.25) is 14.7 Å². The molecule has 6 heteroatoms. The van der Waals surface area contributed by atoms with Crippen molar-refractivity contribution in [2.45, 2.75) is 39.0 Å². The predicted octanol–water partition coefficient (Wildman–Crippen LogP) is 1.80. The standard InChI is InChI=1S/C13H19N3O3/c1-2-4-8-7-11(16-15-8)14-12(17)9-5-3-6-10(9)13(18)19/h7,9-10H,2-6H2,1H3,(H,18,19)(H2,14,15,16,17)/t9-,10+/m1/s1. The molecule has 3 N–H and O–H groups in total.